The standard InChI is InChI=1S/C18H27N3O4/c1-20(2)9-10-23-15-5-7-21(8-6-15)18(22)19-12-14-3-4-16-17(11-14)25-13-24-16/h3-4,11,15H,5-10,12-13H2,1-2H3,(H,19,22). The number of likely N-dealkylation sites (N-methyl/N-ethyl adjacent to an activating group) is 1. The quantitative estimate of drug-likeness (QED) is 0.846. The van der Waals surface area contributed by atoms with Gasteiger partial charge in [-0.25, -0.2) is 4.79 Å². The van der Waals surface area contributed by atoms with Gasteiger partial charge in [-0.2, -0.15) is 0 Å². The maximum absolute atomic E-state index is 12.3. The molecule has 7 nitrogen and oxygen atoms in total. The predicted octanol–water partition coefficient (Wildman–Crippen LogP) is 1.67. The van der Waals surface area contributed by atoms with E-state index in [1.165, 1.54) is 0 Å². The summed E-state index contributed by atoms with van der Waals surface area (Å²) >= 11 is 0. The van der Waals surface area contributed by atoms with Crippen molar-refractivity contribution in [3.05, 3.63) is 23.8 Å². The molecule has 0 spiro atoms. The predicted molar refractivity (Wildman–Crippen MR) is 93.9 cm³/mol. The SMILES string of the molecule is CN(C)CCOC1CCN(C(=O)NCc2ccc3c(c2)OCO3)CC1. The van der Waals surface area contributed by atoms with Crippen molar-refractivity contribution < 1.29 is 19.0 Å². The number of rotatable bonds is 6. The van der Waals surface area contributed by atoms with Crippen LogP contribution in [-0.4, -0.2) is 69.1 Å². The molecule has 1 fully saturated rings. The van der Waals surface area contributed by atoms with Crippen molar-refractivity contribution in [3.8, 4) is 11.5 Å². The Kier molecular flexibility index (Phi) is 5.99. The van der Waals surface area contributed by atoms with Crippen molar-refractivity contribution >= 4 is 6.03 Å². The van der Waals surface area contributed by atoms with Crippen LogP contribution in [0.4, 0.5) is 4.79 Å². The number of benzene rings is 1. The summed E-state index contributed by atoms with van der Waals surface area (Å²) in [6.07, 6.45) is 2.05. The monoisotopic (exact) mass is 349 g/mol. The summed E-state index contributed by atoms with van der Waals surface area (Å²) in [6.45, 7) is 3.88. The maximum Gasteiger partial charge on any atom is 0.317 e. The Morgan fingerprint density at radius 2 is 2.04 bits per heavy atom. The van der Waals surface area contributed by atoms with Crippen molar-refractivity contribution in [3.63, 3.8) is 0 Å². The molecule has 3 rings (SSSR count). The van der Waals surface area contributed by atoms with Crippen molar-refractivity contribution in [2.45, 2.75) is 25.5 Å². The van der Waals surface area contributed by atoms with Gasteiger partial charge in [-0.15, -0.1) is 0 Å². The van der Waals surface area contributed by atoms with E-state index in [1.54, 1.807) is 0 Å². The van der Waals surface area contributed by atoms with Crippen LogP contribution in [0.15, 0.2) is 18.2 Å². The van der Waals surface area contributed by atoms with Gasteiger partial charge in [0.15, 0.2) is 11.5 Å². The van der Waals surface area contributed by atoms with E-state index in [9.17, 15) is 4.79 Å². The topological polar surface area (TPSA) is 63.3 Å². The van der Waals surface area contributed by atoms with Crippen LogP contribution in [0.2, 0.25) is 0 Å². The van der Waals surface area contributed by atoms with E-state index < -0.39 is 0 Å². The largest absolute Gasteiger partial charge is 0.454 e. The Bertz CT molecular complexity index is 586. The van der Waals surface area contributed by atoms with Gasteiger partial charge in [0.05, 0.1) is 12.7 Å². The fourth-order valence-electron chi connectivity index (χ4n) is 2.97. The Morgan fingerprint density at radius 3 is 2.80 bits per heavy atom. The average molecular weight is 349 g/mol. The van der Waals surface area contributed by atoms with Crippen LogP contribution >= 0.6 is 0 Å². The number of carbonyl (C=O) groups is 1. The van der Waals surface area contributed by atoms with E-state index in [0.29, 0.717) is 6.54 Å². The number of carbonyl (C=O) groups excluding carboxylic acids is 1. The summed E-state index contributed by atoms with van der Waals surface area (Å²) in [5.74, 6) is 1.49. The van der Waals surface area contributed by atoms with E-state index in [2.05, 4.69) is 10.2 Å². The van der Waals surface area contributed by atoms with Crippen LogP contribution in [-0.2, 0) is 11.3 Å². The molecule has 2 aliphatic rings. The highest BCUT2D eigenvalue weighted by Gasteiger charge is 2.23. The normalized spacial score (nSPS) is 17.2. The molecule has 1 N–H and O–H groups in total. The van der Waals surface area contributed by atoms with Crippen molar-refractivity contribution in [2.75, 3.05) is 47.1 Å². The molecular formula is C18H27N3O4. The lowest BCUT2D eigenvalue weighted by molar-refractivity contribution is 0.00911. The Balaban J connectivity index is 1.38. The molecule has 0 aliphatic carbocycles. The highest BCUT2D eigenvalue weighted by molar-refractivity contribution is 5.74. The third-order valence-corrected chi connectivity index (χ3v) is 4.50. The van der Waals surface area contributed by atoms with Crippen LogP contribution in [0.25, 0.3) is 0 Å². The number of nitrogens with zero attached hydrogens (tertiary/aromatic N) is 2. The van der Waals surface area contributed by atoms with Crippen LogP contribution in [0.1, 0.15) is 18.4 Å². The number of ether oxygens (including phenoxy) is 3. The molecule has 0 aromatic heterocycles. The van der Waals surface area contributed by atoms with Gasteiger partial charge in [0.25, 0.3) is 0 Å². The van der Waals surface area contributed by atoms with E-state index >= 15 is 0 Å². The van der Waals surface area contributed by atoms with E-state index in [1.807, 2.05) is 37.2 Å². The van der Waals surface area contributed by atoms with Gasteiger partial charge in [-0.05, 0) is 44.6 Å². The first-order valence-corrected chi connectivity index (χ1v) is 8.79. The van der Waals surface area contributed by atoms with Gasteiger partial charge in [-0.3, -0.25) is 0 Å². The Hall–Kier alpha value is -1.99. The lowest BCUT2D eigenvalue weighted by atomic mass is 10.1. The van der Waals surface area contributed by atoms with E-state index in [-0.39, 0.29) is 18.9 Å². The minimum Gasteiger partial charge on any atom is -0.454 e. The molecule has 138 valence electrons. The van der Waals surface area contributed by atoms with Crippen LogP contribution in [0.3, 0.4) is 0 Å². The molecule has 2 heterocycles. The first kappa shape index (κ1) is 17.8. The molecule has 1 saturated heterocycles. The van der Waals surface area contributed by atoms with Crippen LogP contribution < -0.4 is 14.8 Å². The number of likely N-dealkylation sites (tertiary alicyclic amines) is 1. The maximum atomic E-state index is 12.3. The number of hydrogen-bond donors (Lipinski definition) is 1. The summed E-state index contributed by atoms with van der Waals surface area (Å²) in [5, 5.41) is 2.98. The minimum absolute atomic E-state index is 0.0237. The fourth-order valence-corrected chi connectivity index (χ4v) is 2.97. The van der Waals surface area contributed by atoms with Gasteiger partial charge in [-0.1, -0.05) is 6.07 Å². The molecule has 2 aliphatic heterocycles. The second-order valence-corrected chi connectivity index (χ2v) is 6.71. The van der Waals surface area contributed by atoms with Crippen molar-refractivity contribution in [1.82, 2.24) is 15.1 Å². The van der Waals surface area contributed by atoms with Gasteiger partial charge in [0.2, 0.25) is 6.79 Å². The second kappa shape index (κ2) is 8.40. The van der Waals surface area contributed by atoms with E-state index in [0.717, 1.165) is 56.1 Å². The number of nitrogens with one attached hydrogen (secondary N) is 1. The molecule has 0 unspecified atom stereocenters. The van der Waals surface area contributed by atoms with E-state index in [4.69, 9.17) is 14.2 Å². The molecule has 0 saturated carbocycles. The zero-order valence-corrected chi connectivity index (χ0v) is 15.0. The Labute approximate surface area is 148 Å². The summed E-state index contributed by atoms with van der Waals surface area (Å²) < 4.78 is 16.5. The fraction of sp³-hybridized carbons (Fsp3) is 0.611. The van der Waals surface area contributed by atoms with Gasteiger partial charge in [0, 0.05) is 26.2 Å². The first-order chi connectivity index (χ1) is 12.1. The third-order valence-electron chi connectivity index (χ3n) is 4.50. The average Bonchev–Trinajstić information content (AvgIpc) is 3.07. The van der Waals surface area contributed by atoms with Crippen LogP contribution in [0, 0.1) is 0 Å². The van der Waals surface area contributed by atoms with Gasteiger partial charge in [0.1, 0.15) is 0 Å². The highest BCUT2D eigenvalue weighted by atomic mass is 16.7. The lowest BCUT2D eigenvalue weighted by Crippen LogP contribution is -2.45. The summed E-state index contributed by atoms with van der Waals surface area (Å²) in [7, 11) is 4.08. The lowest BCUT2D eigenvalue weighted by Gasteiger charge is -2.32. The van der Waals surface area contributed by atoms with Gasteiger partial charge >= 0.3 is 6.03 Å². The number of piperidine rings is 1. The molecule has 0 bridgehead atoms. The zero-order valence-electron chi connectivity index (χ0n) is 15.0. The molecule has 0 atom stereocenters. The molecule has 1 aromatic rings. The summed E-state index contributed by atoms with van der Waals surface area (Å²) in [6, 6.07) is 5.70. The minimum atomic E-state index is -0.0237. The first-order valence-electron chi connectivity index (χ1n) is 8.79. The van der Waals surface area contributed by atoms with Crippen molar-refractivity contribution in [1.29, 1.82) is 0 Å². The molecular weight excluding hydrogens is 322 g/mol. The molecule has 0 radical (unpaired) electrons. The summed E-state index contributed by atoms with van der Waals surface area (Å²) in [4.78, 5) is 16.3. The number of amides is 2. The van der Waals surface area contributed by atoms with Crippen molar-refractivity contribution in [2.24, 2.45) is 0 Å². The smallest absolute Gasteiger partial charge is 0.317 e. The molecule has 1 aromatic carbocycles. The molecule has 7 heteroatoms. The second-order valence-electron chi connectivity index (χ2n) is 6.71. The number of fused-ring (bicyclic) bond motifs is 1. The van der Waals surface area contributed by atoms with Crippen LogP contribution in [0.5, 0.6) is 11.5 Å². The zero-order chi connectivity index (χ0) is 17.6. The highest BCUT2D eigenvalue weighted by Crippen LogP contribution is 2.32. The third kappa shape index (κ3) is 4.99. The number of hydrogen-bond acceptors (Lipinski definition) is 5. The molecule has 25 heavy (non-hydrogen) atoms. The number of urea groups is 1. The Morgan fingerprint density at radius 1 is 1.28 bits per heavy atom. The van der Waals surface area contributed by atoms with Gasteiger partial charge < -0.3 is 29.3 Å². The molecule has 2 amide bonds. The summed E-state index contributed by atoms with van der Waals surface area (Å²) in [5.41, 5.74) is 1.000.